The summed E-state index contributed by atoms with van der Waals surface area (Å²) in [5.74, 6) is 0. The summed E-state index contributed by atoms with van der Waals surface area (Å²) in [6, 6.07) is 10.4. The lowest BCUT2D eigenvalue weighted by Gasteiger charge is -2.31. The quantitative estimate of drug-likeness (QED) is 0.795. The molecule has 0 saturated carbocycles. The number of rotatable bonds is 3. The molecule has 2 heteroatoms. The molecule has 1 aliphatic heterocycles. The summed E-state index contributed by atoms with van der Waals surface area (Å²) in [4.78, 5) is 2.50. The van der Waals surface area contributed by atoms with E-state index in [2.05, 4.69) is 49.9 Å². The fourth-order valence-corrected chi connectivity index (χ4v) is 2.26. The van der Waals surface area contributed by atoms with Gasteiger partial charge in [-0.3, -0.25) is 4.90 Å². The molecule has 2 rings (SSSR count). The van der Waals surface area contributed by atoms with Gasteiger partial charge in [0.25, 0.3) is 0 Å². The van der Waals surface area contributed by atoms with Crippen molar-refractivity contribution < 1.29 is 4.74 Å². The maximum Gasteiger partial charge on any atom is 0.0721 e. The van der Waals surface area contributed by atoms with Crippen LogP contribution in [-0.2, 0) is 11.3 Å². The second-order valence-electron chi connectivity index (χ2n) is 5.82. The van der Waals surface area contributed by atoms with Crippen molar-refractivity contribution >= 4 is 0 Å². The van der Waals surface area contributed by atoms with E-state index in [0.29, 0.717) is 6.10 Å². The van der Waals surface area contributed by atoms with Gasteiger partial charge in [-0.2, -0.15) is 0 Å². The van der Waals surface area contributed by atoms with Crippen molar-refractivity contribution in [2.45, 2.75) is 45.4 Å². The molecule has 1 heterocycles. The Morgan fingerprint density at radius 3 is 2.53 bits per heavy atom. The monoisotopic (exact) mass is 233 g/mol. The molecule has 0 aromatic heterocycles. The Labute approximate surface area is 105 Å². The van der Waals surface area contributed by atoms with Crippen molar-refractivity contribution in [1.29, 1.82) is 0 Å². The number of hydrogen-bond donors (Lipinski definition) is 0. The minimum atomic E-state index is 0.269. The zero-order valence-electron chi connectivity index (χ0n) is 11.1. The van der Waals surface area contributed by atoms with Crippen LogP contribution >= 0.6 is 0 Å². The van der Waals surface area contributed by atoms with Gasteiger partial charge in [-0.05, 0) is 32.8 Å². The minimum Gasteiger partial charge on any atom is -0.372 e. The standard InChI is InChI=1S/C15H23NO/c1-15(2,3)16-10-9-14(11-16)17-12-13-7-5-4-6-8-13/h4-8,14H,9-12H2,1-3H3. The lowest BCUT2D eigenvalue weighted by molar-refractivity contribution is 0.0379. The second-order valence-corrected chi connectivity index (χ2v) is 5.82. The van der Waals surface area contributed by atoms with Crippen LogP contribution in [0.4, 0.5) is 0 Å². The molecular weight excluding hydrogens is 210 g/mol. The number of benzene rings is 1. The van der Waals surface area contributed by atoms with Crippen LogP contribution in [0.3, 0.4) is 0 Å². The predicted molar refractivity (Wildman–Crippen MR) is 71.0 cm³/mol. The molecule has 0 radical (unpaired) electrons. The molecule has 0 spiro atoms. The van der Waals surface area contributed by atoms with Gasteiger partial charge in [0.2, 0.25) is 0 Å². The molecular formula is C15H23NO. The molecule has 2 nitrogen and oxygen atoms in total. The van der Waals surface area contributed by atoms with Crippen LogP contribution in [0.2, 0.25) is 0 Å². The normalized spacial score (nSPS) is 21.9. The van der Waals surface area contributed by atoms with Gasteiger partial charge < -0.3 is 4.74 Å². The molecule has 1 aromatic rings. The van der Waals surface area contributed by atoms with Crippen LogP contribution in [0.5, 0.6) is 0 Å². The van der Waals surface area contributed by atoms with E-state index < -0.39 is 0 Å². The number of ether oxygens (including phenoxy) is 1. The van der Waals surface area contributed by atoms with E-state index in [1.807, 2.05) is 6.07 Å². The summed E-state index contributed by atoms with van der Waals surface area (Å²) in [5, 5.41) is 0. The Morgan fingerprint density at radius 2 is 1.94 bits per heavy atom. The van der Waals surface area contributed by atoms with E-state index >= 15 is 0 Å². The summed E-state index contributed by atoms with van der Waals surface area (Å²) >= 11 is 0. The summed E-state index contributed by atoms with van der Waals surface area (Å²) in [6.07, 6.45) is 1.55. The Hall–Kier alpha value is -0.860. The van der Waals surface area contributed by atoms with Crippen molar-refractivity contribution in [2.75, 3.05) is 13.1 Å². The van der Waals surface area contributed by atoms with E-state index in [0.717, 1.165) is 26.1 Å². The van der Waals surface area contributed by atoms with Gasteiger partial charge >= 0.3 is 0 Å². The van der Waals surface area contributed by atoms with Gasteiger partial charge in [0.15, 0.2) is 0 Å². The van der Waals surface area contributed by atoms with Crippen molar-refractivity contribution in [3.8, 4) is 0 Å². The molecule has 94 valence electrons. The zero-order valence-corrected chi connectivity index (χ0v) is 11.1. The smallest absolute Gasteiger partial charge is 0.0721 e. The molecule has 0 amide bonds. The van der Waals surface area contributed by atoms with E-state index in [-0.39, 0.29) is 5.54 Å². The van der Waals surface area contributed by atoms with Gasteiger partial charge in [0.1, 0.15) is 0 Å². The zero-order chi connectivity index (χ0) is 12.3. The first-order chi connectivity index (χ1) is 8.05. The largest absolute Gasteiger partial charge is 0.372 e. The van der Waals surface area contributed by atoms with E-state index in [1.54, 1.807) is 0 Å². The summed E-state index contributed by atoms with van der Waals surface area (Å²) < 4.78 is 5.97. The molecule has 17 heavy (non-hydrogen) atoms. The number of likely N-dealkylation sites (tertiary alicyclic amines) is 1. The highest BCUT2D eigenvalue weighted by Crippen LogP contribution is 2.22. The highest BCUT2D eigenvalue weighted by molar-refractivity contribution is 5.13. The van der Waals surface area contributed by atoms with Crippen LogP contribution in [0.1, 0.15) is 32.8 Å². The molecule has 0 bridgehead atoms. The van der Waals surface area contributed by atoms with E-state index in [4.69, 9.17) is 4.74 Å². The lowest BCUT2D eigenvalue weighted by Crippen LogP contribution is -2.40. The minimum absolute atomic E-state index is 0.269. The van der Waals surface area contributed by atoms with Crippen LogP contribution in [0, 0.1) is 0 Å². The second kappa shape index (κ2) is 5.19. The fourth-order valence-electron chi connectivity index (χ4n) is 2.26. The molecule has 1 atom stereocenters. The van der Waals surface area contributed by atoms with Gasteiger partial charge in [0, 0.05) is 18.6 Å². The number of nitrogens with zero attached hydrogens (tertiary/aromatic N) is 1. The summed E-state index contributed by atoms with van der Waals surface area (Å²) in [5.41, 5.74) is 1.53. The molecule has 0 N–H and O–H groups in total. The van der Waals surface area contributed by atoms with Gasteiger partial charge in [0.05, 0.1) is 12.7 Å². The lowest BCUT2D eigenvalue weighted by atomic mass is 10.1. The van der Waals surface area contributed by atoms with Crippen LogP contribution in [0.25, 0.3) is 0 Å². The molecule has 1 fully saturated rings. The Morgan fingerprint density at radius 1 is 1.24 bits per heavy atom. The van der Waals surface area contributed by atoms with E-state index in [1.165, 1.54) is 5.56 Å². The first-order valence-electron chi connectivity index (χ1n) is 6.46. The average Bonchev–Trinajstić information content (AvgIpc) is 2.76. The average molecular weight is 233 g/mol. The summed E-state index contributed by atoms with van der Waals surface area (Å²) in [7, 11) is 0. The van der Waals surface area contributed by atoms with Crippen LogP contribution < -0.4 is 0 Å². The highest BCUT2D eigenvalue weighted by atomic mass is 16.5. The first-order valence-corrected chi connectivity index (χ1v) is 6.46. The molecule has 1 unspecified atom stereocenters. The Bertz CT molecular complexity index is 342. The SMILES string of the molecule is CC(C)(C)N1CCC(OCc2ccccc2)C1. The van der Waals surface area contributed by atoms with Crippen LogP contribution in [0.15, 0.2) is 30.3 Å². The van der Waals surface area contributed by atoms with Gasteiger partial charge in [-0.25, -0.2) is 0 Å². The van der Waals surface area contributed by atoms with Gasteiger partial charge in [-0.15, -0.1) is 0 Å². The Kier molecular flexibility index (Phi) is 3.85. The third-order valence-electron chi connectivity index (χ3n) is 3.42. The Balaban J connectivity index is 1.79. The van der Waals surface area contributed by atoms with Crippen molar-refractivity contribution in [3.05, 3.63) is 35.9 Å². The van der Waals surface area contributed by atoms with E-state index in [9.17, 15) is 0 Å². The molecule has 0 aliphatic carbocycles. The first kappa shape index (κ1) is 12.6. The summed E-state index contributed by atoms with van der Waals surface area (Å²) in [6.45, 7) is 9.77. The maximum atomic E-state index is 5.97. The van der Waals surface area contributed by atoms with Crippen LogP contribution in [-0.4, -0.2) is 29.6 Å². The molecule has 1 aliphatic rings. The van der Waals surface area contributed by atoms with Gasteiger partial charge in [-0.1, -0.05) is 30.3 Å². The number of hydrogen-bond acceptors (Lipinski definition) is 2. The molecule has 1 aromatic carbocycles. The van der Waals surface area contributed by atoms with Crippen molar-refractivity contribution in [3.63, 3.8) is 0 Å². The predicted octanol–water partition coefficient (Wildman–Crippen LogP) is 3.08. The maximum absolute atomic E-state index is 5.97. The van der Waals surface area contributed by atoms with Crippen molar-refractivity contribution in [1.82, 2.24) is 4.90 Å². The fraction of sp³-hybridized carbons (Fsp3) is 0.600. The third kappa shape index (κ3) is 3.55. The van der Waals surface area contributed by atoms with Crippen molar-refractivity contribution in [2.24, 2.45) is 0 Å². The third-order valence-corrected chi connectivity index (χ3v) is 3.42. The topological polar surface area (TPSA) is 12.5 Å². The molecule has 1 saturated heterocycles. The highest BCUT2D eigenvalue weighted by Gasteiger charge is 2.30.